The zero-order chi connectivity index (χ0) is 17.8. The molecule has 2 aromatic rings. The third-order valence-corrected chi connectivity index (χ3v) is 4.37. The first kappa shape index (κ1) is 17.4. The number of anilines is 1. The maximum Gasteiger partial charge on any atom is 0.311 e. The van der Waals surface area contributed by atoms with E-state index >= 15 is 0 Å². The van der Waals surface area contributed by atoms with Crippen LogP contribution < -0.4 is 9.64 Å². The van der Waals surface area contributed by atoms with Gasteiger partial charge < -0.3 is 19.3 Å². The van der Waals surface area contributed by atoms with Crippen molar-refractivity contribution in [3.8, 4) is 5.75 Å². The number of esters is 1. The Balaban J connectivity index is 2.03. The van der Waals surface area contributed by atoms with Crippen LogP contribution in [-0.2, 0) is 16.0 Å². The van der Waals surface area contributed by atoms with E-state index in [1.54, 1.807) is 14.0 Å². The fourth-order valence-electron chi connectivity index (χ4n) is 3.01. The second-order valence-corrected chi connectivity index (χ2v) is 6.10. The van der Waals surface area contributed by atoms with Gasteiger partial charge in [-0.1, -0.05) is 6.07 Å². The van der Waals surface area contributed by atoms with E-state index in [0.29, 0.717) is 24.0 Å². The maximum absolute atomic E-state index is 12.0. The van der Waals surface area contributed by atoms with Crippen LogP contribution in [0.2, 0.25) is 0 Å². The van der Waals surface area contributed by atoms with Gasteiger partial charge in [0.25, 0.3) is 0 Å². The number of fused-ring (bicyclic) bond motifs is 1. The van der Waals surface area contributed by atoms with Crippen LogP contribution in [0.15, 0.2) is 18.2 Å². The molecular formula is C18H24N4O3. The van der Waals surface area contributed by atoms with E-state index in [1.807, 2.05) is 18.2 Å². The number of hydrogen-bond acceptors (Lipinski definition) is 7. The van der Waals surface area contributed by atoms with Gasteiger partial charge in [0.15, 0.2) is 0 Å². The molecule has 134 valence electrons. The van der Waals surface area contributed by atoms with E-state index in [9.17, 15) is 4.79 Å². The minimum absolute atomic E-state index is 0.105. The lowest BCUT2D eigenvalue weighted by Gasteiger charge is -2.32. The monoisotopic (exact) mass is 344 g/mol. The van der Waals surface area contributed by atoms with Crippen LogP contribution in [0.5, 0.6) is 5.75 Å². The molecular weight excluding hydrogens is 320 g/mol. The highest BCUT2D eigenvalue weighted by molar-refractivity contribution is 5.91. The standard InChI is InChI=1S/C18H24N4O3/c1-4-25-16(23)12-14-17-13(6-5-7-15(17)24-3)19-18(20-14)22-10-8-21(2)9-11-22/h5-7H,4,8-12H2,1-3H3. The molecule has 7 nitrogen and oxygen atoms in total. The molecule has 1 aromatic heterocycles. The molecule has 1 fully saturated rings. The zero-order valence-corrected chi connectivity index (χ0v) is 15.0. The van der Waals surface area contributed by atoms with E-state index < -0.39 is 0 Å². The van der Waals surface area contributed by atoms with Crippen LogP contribution in [0.3, 0.4) is 0 Å². The number of ether oxygens (including phenoxy) is 2. The molecule has 0 saturated carbocycles. The quantitative estimate of drug-likeness (QED) is 0.761. The molecule has 1 saturated heterocycles. The Labute approximate surface area is 147 Å². The molecule has 0 radical (unpaired) electrons. The molecule has 0 spiro atoms. The molecule has 1 aliphatic heterocycles. The van der Waals surface area contributed by atoms with Gasteiger partial charge in [-0.05, 0) is 26.1 Å². The molecule has 1 aromatic carbocycles. The van der Waals surface area contributed by atoms with Crippen LogP contribution in [0.25, 0.3) is 10.9 Å². The molecule has 3 rings (SSSR count). The van der Waals surface area contributed by atoms with E-state index in [0.717, 1.165) is 37.1 Å². The number of hydrogen-bond donors (Lipinski definition) is 0. The molecule has 2 heterocycles. The van der Waals surface area contributed by atoms with Gasteiger partial charge in [0, 0.05) is 26.2 Å². The van der Waals surface area contributed by atoms with Crippen LogP contribution in [0.4, 0.5) is 5.95 Å². The second-order valence-electron chi connectivity index (χ2n) is 6.10. The highest BCUT2D eigenvalue weighted by Gasteiger charge is 2.21. The SMILES string of the molecule is CCOC(=O)Cc1nc(N2CCN(C)CC2)nc2cccc(OC)c12. The number of aromatic nitrogens is 2. The van der Waals surface area contributed by atoms with Crippen molar-refractivity contribution in [2.75, 3.05) is 51.8 Å². The summed E-state index contributed by atoms with van der Waals surface area (Å²) in [7, 11) is 3.72. The van der Waals surface area contributed by atoms with E-state index in [1.165, 1.54) is 0 Å². The van der Waals surface area contributed by atoms with Gasteiger partial charge in [-0.3, -0.25) is 4.79 Å². The van der Waals surface area contributed by atoms with Gasteiger partial charge in [-0.2, -0.15) is 0 Å². The van der Waals surface area contributed by atoms with E-state index in [4.69, 9.17) is 19.4 Å². The average Bonchev–Trinajstić information content (AvgIpc) is 2.61. The van der Waals surface area contributed by atoms with E-state index in [-0.39, 0.29) is 12.4 Å². The Hall–Kier alpha value is -2.41. The largest absolute Gasteiger partial charge is 0.496 e. The molecule has 0 amide bonds. The summed E-state index contributed by atoms with van der Waals surface area (Å²) < 4.78 is 10.6. The molecule has 0 aliphatic carbocycles. The number of carbonyl (C=O) groups excluding carboxylic acids is 1. The van der Waals surface area contributed by atoms with Crippen LogP contribution in [-0.4, -0.2) is 67.8 Å². The number of rotatable bonds is 5. The van der Waals surface area contributed by atoms with Crippen molar-refractivity contribution in [1.29, 1.82) is 0 Å². The minimum Gasteiger partial charge on any atom is -0.496 e. The summed E-state index contributed by atoms with van der Waals surface area (Å²) in [5.74, 6) is 1.03. The average molecular weight is 344 g/mol. The van der Waals surface area contributed by atoms with Gasteiger partial charge in [-0.15, -0.1) is 0 Å². The number of piperazine rings is 1. The molecule has 25 heavy (non-hydrogen) atoms. The lowest BCUT2D eigenvalue weighted by Crippen LogP contribution is -2.45. The Bertz CT molecular complexity index is 757. The molecule has 0 bridgehead atoms. The fraction of sp³-hybridized carbons (Fsp3) is 0.500. The van der Waals surface area contributed by atoms with Crippen molar-refractivity contribution in [2.45, 2.75) is 13.3 Å². The summed E-state index contributed by atoms with van der Waals surface area (Å²) in [5, 5.41) is 0.774. The van der Waals surface area contributed by atoms with Gasteiger partial charge in [0.05, 0.1) is 36.7 Å². The van der Waals surface area contributed by atoms with Gasteiger partial charge >= 0.3 is 5.97 Å². The third-order valence-electron chi connectivity index (χ3n) is 4.37. The normalized spacial score (nSPS) is 15.4. The molecule has 0 N–H and O–H groups in total. The van der Waals surface area contributed by atoms with Crippen molar-refractivity contribution >= 4 is 22.8 Å². The first-order valence-corrected chi connectivity index (χ1v) is 8.55. The van der Waals surface area contributed by atoms with Crippen molar-refractivity contribution in [2.24, 2.45) is 0 Å². The highest BCUT2D eigenvalue weighted by atomic mass is 16.5. The molecule has 7 heteroatoms. The first-order valence-electron chi connectivity index (χ1n) is 8.55. The summed E-state index contributed by atoms with van der Waals surface area (Å²) in [6.07, 6.45) is 0.105. The van der Waals surface area contributed by atoms with Gasteiger partial charge in [-0.25, -0.2) is 9.97 Å². The Kier molecular flexibility index (Phi) is 5.33. The van der Waals surface area contributed by atoms with Crippen molar-refractivity contribution in [1.82, 2.24) is 14.9 Å². The number of benzene rings is 1. The number of nitrogens with zero attached hydrogens (tertiary/aromatic N) is 4. The first-order chi connectivity index (χ1) is 12.1. The Morgan fingerprint density at radius 2 is 1.96 bits per heavy atom. The minimum atomic E-state index is -0.294. The van der Waals surface area contributed by atoms with Crippen LogP contribution in [0, 0.1) is 0 Å². The highest BCUT2D eigenvalue weighted by Crippen LogP contribution is 2.29. The van der Waals surface area contributed by atoms with E-state index in [2.05, 4.69) is 16.8 Å². The molecule has 0 unspecified atom stereocenters. The zero-order valence-electron chi connectivity index (χ0n) is 15.0. The fourth-order valence-corrected chi connectivity index (χ4v) is 3.01. The van der Waals surface area contributed by atoms with Gasteiger partial charge in [0.2, 0.25) is 5.95 Å². The molecule has 0 atom stereocenters. The third kappa shape index (κ3) is 3.82. The number of carbonyl (C=O) groups is 1. The predicted molar refractivity (Wildman–Crippen MR) is 96.1 cm³/mol. The molecule has 1 aliphatic rings. The Morgan fingerprint density at radius 1 is 1.20 bits per heavy atom. The lowest BCUT2D eigenvalue weighted by molar-refractivity contribution is -0.142. The number of likely N-dealkylation sites (N-methyl/N-ethyl adjacent to an activating group) is 1. The van der Waals surface area contributed by atoms with Crippen molar-refractivity contribution in [3.63, 3.8) is 0 Å². The summed E-state index contributed by atoms with van der Waals surface area (Å²) in [5.41, 5.74) is 1.43. The summed E-state index contributed by atoms with van der Waals surface area (Å²) in [4.78, 5) is 25.9. The summed E-state index contributed by atoms with van der Waals surface area (Å²) in [6.45, 7) is 5.81. The topological polar surface area (TPSA) is 67.8 Å². The Morgan fingerprint density at radius 3 is 2.64 bits per heavy atom. The smallest absolute Gasteiger partial charge is 0.311 e. The van der Waals surface area contributed by atoms with Crippen molar-refractivity contribution in [3.05, 3.63) is 23.9 Å². The number of methoxy groups -OCH3 is 1. The predicted octanol–water partition coefficient (Wildman–Crippen LogP) is 1.50. The second kappa shape index (κ2) is 7.65. The van der Waals surface area contributed by atoms with Crippen LogP contribution >= 0.6 is 0 Å². The summed E-state index contributed by atoms with van der Waals surface area (Å²) >= 11 is 0. The van der Waals surface area contributed by atoms with Gasteiger partial charge in [0.1, 0.15) is 5.75 Å². The summed E-state index contributed by atoms with van der Waals surface area (Å²) in [6, 6.07) is 5.68. The maximum atomic E-state index is 12.0. The van der Waals surface area contributed by atoms with Crippen molar-refractivity contribution < 1.29 is 14.3 Å². The lowest BCUT2D eigenvalue weighted by atomic mass is 10.1. The van der Waals surface area contributed by atoms with Crippen LogP contribution in [0.1, 0.15) is 12.6 Å².